The highest BCUT2D eigenvalue weighted by Gasteiger charge is 2.33. The number of benzene rings is 1. The van der Waals surface area contributed by atoms with E-state index in [1.54, 1.807) is 18.3 Å². The number of hydrogen-bond donors (Lipinski definition) is 2. The minimum atomic E-state index is -1.23. The lowest BCUT2D eigenvalue weighted by atomic mass is 9.92. The largest absolute Gasteiger partial charge is 0.505 e. The molecule has 0 saturated carbocycles. The van der Waals surface area contributed by atoms with E-state index in [4.69, 9.17) is 0 Å². The van der Waals surface area contributed by atoms with E-state index in [1.165, 1.54) is 0 Å². The molecule has 1 aromatic carbocycles. The first kappa shape index (κ1) is 12.5. The van der Waals surface area contributed by atoms with Crippen molar-refractivity contribution in [3.63, 3.8) is 0 Å². The Morgan fingerprint density at radius 1 is 1.35 bits per heavy atom. The van der Waals surface area contributed by atoms with Gasteiger partial charge in [0.05, 0.1) is 11.5 Å². The Kier molecular flexibility index (Phi) is 2.85. The van der Waals surface area contributed by atoms with Gasteiger partial charge in [0.15, 0.2) is 17.3 Å². The fourth-order valence-electron chi connectivity index (χ4n) is 2.33. The van der Waals surface area contributed by atoms with Crippen molar-refractivity contribution in [2.75, 3.05) is 11.9 Å². The second-order valence-electron chi connectivity index (χ2n) is 4.49. The average Bonchev–Trinajstić information content (AvgIpc) is 2.87. The molecule has 0 saturated heterocycles. The van der Waals surface area contributed by atoms with Crippen LogP contribution in [0.25, 0.3) is 0 Å². The number of halogens is 2. The van der Waals surface area contributed by atoms with Crippen LogP contribution in [0.5, 0.6) is 5.75 Å². The molecule has 6 heteroatoms. The minimum absolute atomic E-state index is 0.222. The Morgan fingerprint density at radius 2 is 2.15 bits per heavy atom. The summed E-state index contributed by atoms with van der Waals surface area (Å²) in [6, 6.07) is 5.09. The van der Waals surface area contributed by atoms with Gasteiger partial charge in [0.1, 0.15) is 11.6 Å². The second kappa shape index (κ2) is 4.56. The smallest absolute Gasteiger partial charge is 0.178 e. The van der Waals surface area contributed by atoms with Gasteiger partial charge in [-0.3, -0.25) is 4.79 Å². The molecule has 2 N–H and O–H groups in total. The maximum Gasteiger partial charge on any atom is 0.178 e. The zero-order valence-electron chi connectivity index (χ0n) is 10.2. The normalized spacial score (nSPS) is 16.6. The first-order chi connectivity index (χ1) is 9.59. The summed E-state index contributed by atoms with van der Waals surface area (Å²) >= 11 is 0. The molecule has 1 unspecified atom stereocenters. The third-order valence-electron chi connectivity index (χ3n) is 3.32. The Labute approximate surface area is 113 Å². The Bertz CT molecular complexity index is 704. The number of hydrogen-bond acceptors (Lipinski definition) is 4. The Morgan fingerprint density at radius 3 is 2.95 bits per heavy atom. The predicted octanol–water partition coefficient (Wildman–Crippen LogP) is 2.46. The van der Waals surface area contributed by atoms with E-state index in [1.807, 2.05) is 0 Å². The number of ketones is 1. The second-order valence-corrected chi connectivity index (χ2v) is 4.49. The van der Waals surface area contributed by atoms with Crippen LogP contribution >= 0.6 is 0 Å². The number of Topliss-reactive ketones (excluding diaryl/α,β-unsaturated/α-hetero) is 1. The number of fused-ring (bicyclic) bond motifs is 1. The molecule has 1 atom stereocenters. The van der Waals surface area contributed by atoms with Crippen molar-refractivity contribution in [3.8, 4) is 5.75 Å². The molecule has 2 aromatic rings. The van der Waals surface area contributed by atoms with Crippen molar-refractivity contribution in [2.24, 2.45) is 0 Å². The van der Waals surface area contributed by atoms with Crippen LogP contribution < -0.4 is 5.32 Å². The number of aromatic nitrogens is 1. The van der Waals surface area contributed by atoms with Gasteiger partial charge in [0.2, 0.25) is 0 Å². The number of nitrogens with zero attached hydrogens (tertiary/aromatic N) is 1. The summed E-state index contributed by atoms with van der Waals surface area (Å²) < 4.78 is 27.5. The number of anilines is 1. The number of phenols is 1. The summed E-state index contributed by atoms with van der Waals surface area (Å²) in [6.45, 7) is 0.222. The number of phenolic OH excluding ortho intramolecular Hbond substituents is 1. The van der Waals surface area contributed by atoms with Crippen molar-refractivity contribution in [3.05, 3.63) is 53.2 Å². The third-order valence-corrected chi connectivity index (χ3v) is 3.32. The van der Waals surface area contributed by atoms with Crippen molar-refractivity contribution in [1.29, 1.82) is 0 Å². The van der Waals surface area contributed by atoms with E-state index in [0.717, 1.165) is 12.1 Å². The molecular formula is C14H10F2N2O2. The standard InChI is InChI=1S/C14H10F2N2O2/c15-9-3-4-10(19)12(16)11(9)13(20)8-6-18-14-7(8)2-1-5-17-14/h1-5,8,19H,6H2,(H,17,18). The highest BCUT2D eigenvalue weighted by molar-refractivity contribution is 6.03. The van der Waals surface area contributed by atoms with Gasteiger partial charge in [-0.1, -0.05) is 6.07 Å². The highest BCUT2D eigenvalue weighted by atomic mass is 19.1. The van der Waals surface area contributed by atoms with Crippen molar-refractivity contribution < 1.29 is 18.7 Å². The van der Waals surface area contributed by atoms with Crippen LogP contribution in [0.2, 0.25) is 0 Å². The molecule has 0 aliphatic carbocycles. The summed E-state index contributed by atoms with van der Waals surface area (Å²) in [5.74, 6) is -3.85. The van der Waals surface area contributed by atoms with Crippen LogP contribution in [0, 0.1) is 11.6 Å². The molecule has 2 heterocycles. The summed E-state index contributed by atoms with van der Waals surface area (Å²) in [6.07, 6.45) is 1.56. The number of rotatable bonds is 2. The molecule has 1 aromatic heterocycles. The molecule has 102 valence electrons. The van der Waals surface area contributed by atoms with Gasteiger partial charge in [-0.15, -0.1) is 0 Å². The number of carbonyl (C=O) groups excluding carboxylic acids is 1. The van der Waals surface area contributed by atoms with Crippen LogP contribution in [0.15, 0.2) is 30.5 Å². The van der Waals surface area contributed by atoms with E-state index < -0.39 is 34.6 Å². The predicted molar refractivity (Wildman–Crippen MR) is 67.8 cm³/mol. The van der Waals surface area contributed by atoms with Crippen LogP contribution in [0.1, 0.15) is 21.8 Å². The fraction of sp³-hybridized carbons (Fsp3) is 0.143. The number of carbonyl (C=O) groups is 1. The van der Waals surface area contributed by atoms with E-state index in [9.17, 15) is 18.7 Å². The van der Waals surface area contributed by atoms with E-state index in [2.05, 4.69) is 10.3 Å². The van der Waals surface area contributed by atoms with Crippen molar-refractivity contribution in [1.82, 2.24) is 4.98 Å². The molecule has 0 radical (unpaired) electrons. The lowest BCUT2D eigenvalue weighted by Crippen LogP contribution is -2.18. The summed E-state index contributed by atoms with van der Waals surface area (Å²) in [7, 11) is 0. The van der Waals surface area contributed by atoms with Crippen LogP contribution in [-0.4, -0.2) is 22.4 Å². The SMILES string of the molecule is O=C(c1c(F)ccc(O)c1F)C1CNc2ncccc21. The quantitative estimate of drug-likeness (QED) is 0.827. The number of nitrogens with one attached hydrogen (secondary N) is 1. The van der Waals surface area contributed by atoms with Gasteiger partial charge in [-0.25, -0.2) is 13.8 Å². The topological polar surface area (TPSA) is 62.2 Å². The van der Waals surface area contributed by atoms with Crippen LogP contribution in [0.4, 0.5) is 14.6 Å². The maximum atomic E-state index is 13.8. The number of pyridine rings is 1. The van der Waals surface area contributed by atoms with Crippen LogP contribution in [-0.2, 0) is 0 Å². The van der Waals surface area contributed by atoms with Crippen molar-refractivity contribution in [2.45, 2.75) is 5.92 Å². The molecule has 1 aliphatic heterocycles. The zero-order chi connectivity index (χ0) is 14.3. The molecule has 20 heavy (non-hydrogen) atoms. The van der Waals surface area contributed by atoms with Crippen molar-refractivity contribution >= 4 is 11.6 Å². The average molecular weight is 276 g/mol. The fourth-order valence-corrected chi connectivity index (χ4v) is 2.33. The molecule has 1 aliphatic rings. The molecule has 3 rings (SSSR count). The lowest BCUT2D eigenvalue weighted by molar-refractivity contribution is 0.0957. The molecule has 4 nitrogen and oxygen atoms in total. The van der Waals surface area contributed by atoms with E-state index >= 15 is 0 Å². The Hall–Kier alpha value is -2.50. The molecule has 0 bridgehead atoms. The van der Waals surface area contributed by atoms with E-state index in [0.29, 0.717) is 11.4 Å². The summed E-state index contributed by atoms with van der Waals surface area (Å²) in [5.41, 5.74) is -0.117. The van der Waals surface area contributed by atoms with Gasteiger partial charge < -0.3 is 10.4 Å². The van der Waals surface area contributed by atoms with E-state index in [-0.39, 0.29) is 6.54 Å². The van der Waals surface area contributed by atoms with Gasteiger partial charge in [0, 0.05) is 18.3 Å². The van der Waals surface area contributed by atoms with Gasteiger partial charge in [-0.05, 0) is 18.2 Å². The highest BCUT2D eigenvalue weighted by Crippen LogP contribution is 2.34. The van der Waals surface area contributed by atoms with Gasteiger partial charge >= 0.3 is 0 Å². The summed E-state index contributed by atoms with van der Waals surface area (Å²) in [5, 5.41) is 12.2. The zero-order valence-corrected chi connectivity index (χ0v) is 10.2. The molecule has 0 amide bonds. The number of aromatic hydroxyl groups is 1. The maximum absolute atomic E-state index is 13.8. The lowest BCUT2D eigenvalue weighted by Gasteiger charge is -2.11. The van der Waals surface area contributed by atoms with Gasteiger partial charge in [-0.2, -0.15) is 0 Å². The minimum Gasteiger partial charge on any atom is -0.505 e. The third kappa shape index (κ3) is 1.80. The van der Waals surface area contributed by atoms with Gasteiger partial charge in [0.25, 0.3) is 0 Å². The molecule has 0 spiro atoms. The monoisotopic (exact) mass is 276 g/mol. The van der Waals surface area contributed by atoms with Crippen LogP contribution in [0.3, 0.4) is 0 Å². The molecular weight excluding hydrogens is 266 g/mol. The first-order valence-corrected chi connectivity index (χ1v) is 5.99. The Balaban J connectivity index is 2.06. The summed E-state index contributed by atoms with van der Waals surface area (Å²) in [4.78, 5) is 16.4. The molecule has 0 fully saturated rings. The first-order valence-electron chi connectivity index (χ1n) is 5.99.